The second kappa shape index (κ2) is 10.0. The highest BCUT2D eigenvalue weighted by Crippen LogP contribution is 2.45. The number of aromatic nitrogens is 3. The number of ether oxygens (including phenoxy) is 1. The summed E-state index contributed by atoms with van der Waals surface area (Å²) in [5.74, 6) is -1.65. The number of hydrogen-bond donors (Lipinski definition) is 0. The monoisotopic (exact) mass is 490 g/mol. The number of carbonyl (C=O) groups is 1. The number of anilines is 1. The molecule has 33 heavy (non-hydrogen) atoms. The number of thioether (sulfide) groups is 1. The Bertz CT molecular complexity index is 1200. The molecule has 1 aromatic heterocycles. The van der Waals surface area contributed by atoms with E-state index in [0.717, 1.165) is 24.7 Å². The van der Waals surface area contributed by atoms with E-state index in [0.29, 0.717) is 21.4 Å². The molecule has 2 heterocycles. The van der Waals surface area contributed by atoms with Gasteiger partial charge in [0.15, 0.2) is 17.3 Å². The quantitative estimate of drug-likeness (QED) is 0.303. The molecule has 0 saturated carbocycles. The van der Waals surface area contributed by atoms with Gasteiger partial charge >= 0.3 is 0 Å². The van der Waals surface area contributed by atoms with Crippen LogP contribution in [0.25, 0.3) is 11.3 Å². The molecule has 1 amide bonds. The van der Waals surface area contributed by atoms with Crippen molar-refractivity contribution in [1.29, 1.82) is 0 Å². The molecular weight excluding hydrogens is 470 g/mol. The van der Waals surface area contributed by atoms with Crippen molar-refractivity contribution in [3.8, 4) is 17.1 Å². The molecule has 0 N–H and O–H groups in total. The van der Waals surface area contributed by atoms with Crippen LogP contribution in [0.1, 0.15) is 44.9 Å². The van der Waals surface area contributed by atoms with Gasteiger partial charge < -0.3 is 4.74 Å². The van der Waals surface area contributed by atoms with Crippen LogP contribution >= 0.6 is 23.4 Å². The van der Waals surface area contributed by atoms with Crippen molar-refractivity contribution in [2.45, 2.75) is 44.5 Å². The third-order valence-electron chi connectivity index (χ3n) is 5.11. The molecule has 4 rings (SSSR count). The summed E-state index contributed by atoms with van der Waals surface area (Å²) in [6.07, 6.45) is 0.787. The molecule has 0 radical (unpaired) electrons. The lowest BCUT2D eigenvalue weighted by Gasteiger charge is -2.30. The lowest BCUT2D eigenvalue weighted by Crippen LogP contribution is -2.37. The third kappa shape index (κ3) is 4.65. The fourth-order valence-corrected chi connectivity index (χ4v) is 4.49. The predicted octanol–water partition coefficient (Wildman–Crippen LogP) is 6.20. The Kier molecular flexibility index (Phi) is 7.09. The fraction of sp³-hybridized carbons (Fsp3) is 0.304. The molecule has 0 bridgehead atoms. The minimum absolute atomic E-state index is 0.0626. The third-order valence-corrected chi connectivity index (χ3v) is 6.27. The number of fused-ring (bicyclic) bond motifs is 3. The number of hydrogen-bond acceptors (Lipinski definition) is 6. The van der Waals surface area contributed by atoms with Gasteiger partial charge in [0.05, 0.1) is 11.3 Å². The zero-order chi connectivity index (χ0) is 23.5. The molecular formula is C23H21ClF2N4O2S. The summed E-state index contributed by atoms with van der Waals surface area (Å²) < 4.78 is 35.1. The molecule has 1 aliphatic heterocycles. The summed E-state index contributed by atoms with van der Waals surface area (Å²) in [7, 11) is 0. The summed E-state index contributed by atoms with van der Waals surface area (Å²) in [6, 6.07) is 8.61. The van der Waals surface area contributed by atoms with E-state index in [1.807, 2.05) is 0 Å². The second-order valence-electron chi connectivity index (χ2n) is 7.34. The summed E-state index contributed by atoms with van der Waals surface area (Å²) in [6.45, 7) is 3.76. The largest absolute Gasteiger partial charge is 0.447 e. The maximum Gasteiger partial charge on any atom is 0.247 e. The van der Waals surface area contributed by atoms with Crippen LogP contribution in [0, 0.1) is 11.6 Å². The van der Waals surface area contributed by atoms with E-state index < -0.39 is 17.9 Å². The van der Waals surface area contributed by atoms with Gasteiger partial charge in [-0.3, -0.25) is 9.69 Å². The van der Waals surface area contributed by atoms with Crippen LogP contribution in [0.15, 0.2) is 41.6 Å². The van der Waals surface area contributed by atoms with Gasteiger partial charge in [-0.15, -0.1) is 10.2 Å². The molecule has 2 aromatic carbocycles. The number of halogens is 3. The van der Waals surface area contributed by atoms with Gasteiger partial charge in [0.25, 0.3) is 0 Å². The van der Waals surface area contributed by atoms with Crippen LogP contribution in [0.4, 0.5) is 14.5 Å². The van der Waals surface area contributed by atoms with Crippen molar-refractivity contribution in [3.05, 3.63) is 58.6 Å². The first kappa shape index (κ1) is 23.4. The average molecular weight is 491 g/mol. The minimum atomic E-state index is -1.31. The van der Waals surface area contributed by atoms with Crippen LogP contribution in [-0.2, 0) is 4.79 Å². The van der Waals surface area contributed by atoms with Crippen LogP contribution in [0.2, 0.25) is 5.02 Å². The van der Waals surface area contributed by atoms with E-state index in [-0.39, 0.29) is 29.5 Å². The highest BCUT2D eigenvalue weighted by Gasteiger charge is 2.37. The highest BCUT2D eigenvalue weighted by molar-refractivity contribution is 7.99. The smallest absolute Gasteiger partial charge is 0.247 e. The molecule has 0 aliphatic carbocycles. The van der Waals surface area contributed by atoms with Gasteiger partial charge in [-0.1, -0.05) is 55.8 Å². The number of carbonyl (C=O) groups excluding carboxylic acids is 1. The summed E-state index contributed by atoms with van der Waals surface area (Å²) in [5, 5.41) is 9.29. The molecule has 0 spiro atoms. The Morgan fingerprint density at radius 3 is 2.79 bits per heavy atom. The minimum Gasteiger partial charge on any atom is -0.447 e. The molecule has 10 heteroatoms. The van der Waals surface area contributed by atoms with Crippen LogP contribution in [-0.4, -0.2) is 26.8 Å². The molecule has 172 valence electrons. The van der Waals surface area contributed by atoms with Crippen molar-refractivity contribution in [3.63, 3.8) is 0 Å². The zero-order valence-electron chi connectivity index (χ0n) is 18.0. The second-order valence-corrected chi connectivity index (χ2v) is 8.84. The molecule has 6 nitrogen and oxygen atoms in total. The predicted molar refractivity (Wildman–Crippen MR) is 123 cm³/mol. The lowest BCUT2D eigenvalue weighted by atomic mass is 10.1. The Morgan fingerprint density at radius 1 is 1.21 bits per heavy atom. The van der Waals surface area contributed by atoms with Gasteiger partial charge in [0, 0.05) is 22.8 Å². The van der Waals surface area contributed by atoms with Crippen molar-refractivity contribution in [2.75, 3.05) is 10.7 Å². The van der Waals surface area contributed by atoms with Crippen LogP contribution < -0.4 is 9.64 Å². The number of unbranched alkanes of at least 4 members (excludes halogenated alkanes) is 1. The first-order chi connectivity index (χ1) is 15.9. The maximum atomic E-state index is 14.9. The van der Waals surface area contributed by atoms with E-state index in [2.05, 4.69) is 22.1 Å². The molecule has 1 atom stereocenters. The number of rotatable bonds is 6. The van der Waals surface area contributed by atoms with Crippen LogP contribution in [0.5, 0.6) is 5.88 Å². The van der Waals surface area contributed by atoms with Gasteiger partial charge in [0.1, 0.15) is 0 Å². The average Bonchev–Trinajstić information content (AvgIpc) is 2.94. The molecule has 3 aromatic rings. The number of amides is 1. The SMILES string of the molecule is CCCCSc1nnc2c(n1)OC(c1cccc(F)c1F)N(C(=O)CC)c1ccc(Cl)cc1-2. The first-order valence-corrected chi connectivity index (χ1v) is 11.9. The first-order valence-electron chi connectivity index (χ1n) is 10.5. The molecule has 0 saturated heterocycles. The van der Waals surface area contributed by atoms with Gasteiger partial charge in [-0.2, -0.15) is 4.98 Å². The Hall–Kier alpha value is -2.78. The maximum absolute atomic E-state index is 14.9. The number of benzene rings is 2. The van der Waals surface area contributed by atoms with Gasteiger partial charge in [-0.05, 0) is 30.7 Å². The van der Waals surface area contributed by atoms with Gasteiger partial charge in [0.2, 0.25) is 23.2 Å². The van der Waals surface area contributed by atoms with E-state index >= 15 is 0 Å². The fourth-order valence-electron chi connectivity index (χ4n) is 3.46. The van der Waals surface area contributed by atoms with Gasteiger partial charge in [-0.25, -0.2) is 8.78 Å². The summed E-state index contributed by atoms with van der Waals surface area (Å²) >= 11 is 7.66. The molecule has 0 fully saturated rings. The number of nitrogens with zero attached hydrogens (tertiary/aromatic N) is 4. The van der Waals surface area contributed by atoms with Crippen molar-refractivity contribution in [1.82, 2.24) is 15.2 Å². The molecule has 1 unspecified atom stereocenters. The van der Waals surface area contributed by atoms with E-state index in [9.17, 15) is 13.6 Å². The van der Waals surface area contributed by atoms with E-state index in [4.69, 9.17) is 16.3 Å². The Morgan fingerprint density at radius 2 is 2.03 bits per heavy atom. The van der Waals surface area contributed by atoms with Crippen molar-refractivity contribution >= 4 is 35.0 Å². The van der Waals surface area contributed by atoms with E-state index in [1.165, 1.54) is 28.8 Å². The standard InChI is InChI=1S/C23H21ClF2N4O2S/c1-3-5-11-33-23-27-21-20(28-29-23)15-12-13(24)9-10-17(15)30(18(31)4-2)22(32-21)14-7-6-8-16(25)19(14)26/h6-10,12,22H,3-5,11H2,1-2H3. The van der Waals surface area contributed by atoms with E-state index in [1.54, 1.807) is 25.1 Å². The normalized spacial score (nSPS) is 14.8. The summed E-state index contributed by atoms with van der Waals surface area (Å²) in [4.78, 5) is 18.9. The van der Waals surface area contributed by atoms with Crippen LogP contribution in [0.3, 0.4) is 0 Å². The highest BCUT2D eigenvalue weighted by atomic mass is 35.5. The Labute approximate surface area is 199 Å². The topological polar surface area (TPSA) is 68.2 Å². The van der Waals surface area contributed by atoms with Crippen molar-refractivity contribution in [2.24, 2.45) is 0 Å². The molecule has 1 aliphatic rings. The lowest BCUT2D eigenvalue weighted by molar-refractivity contribution is -0.120. The Balaban J connectivity index is 1.93. The van der Waals surface area contributed by atoms with Crippen molar-refractivity contribution < 1.29 is 18.3 Å². The zero-order valence-corrected chi connectivity index (χ0v) is 19.6. The summed E-state index contributed by atoms with van der Waals surface area (Å²) in [5.41, 5.74) is 0.981.